The van der Waals surface area contributed by atoms with Gasteiger partial charge in [0.2, 0.25) is 5.91 Å². The maximum absolute atomic E-state index is 12.9. The third-order valence-corrected chi connectivity index (χ3v) is 5.72. The van der Waals surface area contributed by atoms with Crippen LogP contribution >= 0.6 is 11.3 Å². The van der Waals surface area contributed by atoms with Gasteiger partial charge in [-0.3, -0.25) is 14.6 Å². The first-order valence-electron chi connectivity index (χ1n) is 8.99. The van der Waals surface area contributed by atoms with Crippen molar-refractivity contribution in [3.63, 3.8) is 0 Å². The number of pyridine rings is 1. The number of hydrogen-bond donors (Lipinski definition) is 2. The number of carbonyl (C=O) groups excluding carboxylic acids is 2. The molecule has 0 fully saturated rings. The maximum Gasteiger partial charge on any atom is 0.254 e. The van der Waals surface area contributed by atoms with Gasteiger partial charge in [0.05, 0.1) is 5.56 Å². The van der Waals surface area contributed by atoms with Crippen LogP contribution in [0.4, 0.5) is 5.00 Å². The summed E-state index contributed by atoms with van der Waals surface area (Å²) >= 11 is 1.55. The largest absolute Gasteiger partial charge is 0.348 e. The van der Waals surface area contributed by atoms with Crippen LogP contribution in [0.15, 0.2) is 24.5 Å². The van der Waals surface area contributed by atoms with Crippen molar-refractivity contribution in [3.05, 3.63) is 46.1 Å². The zero-order chi connectivity index (χ0) is 18.7. The summed E-state index contributed by atoms with van der Waals surface area (Å²) < 4.78 is 0. The summed E-state index contributed by atoms with van der Waals surface area (Å²) in [6.07, 6.45) is 7.52. The van der Waals surface area contributed by atoms with E-state index in [-0.39, 0.29) is 11.8 Å². The lowest BCUT2D eigenvalue weighted by Gasteiger charge is -2.18. The van der Waals surface area contributed by atoms with Gasteiger partial charge in [-0.05, 0) is 48.9 Å². The van der Waals surface area contributed by atoms with E-state index in [2.05, 4.69) is 15.6 Å². The van der Waals surface area contributed by atoms with Gasteiger partial charge in [0.15, 0.2) is 0 Å². The Morgan fingerprint density at radius 3 is 2.54 bits per heavy atom. The van der Waals surface area contributed by atoms with Gasteiger partial charge in [-0.25, -0.2) is 0 Å². The van der Waals surface area contributed by atoms with Crippen LogP contribution in [0.2, 0.25) is 0 Å². The lowest BCUT2D eigenvalue weighted by Crippen LogP contribution is -2.29. The molecule has 3 rings (SSSR count). The topological polar surface area (TPSA) is 71.1 Å². The molecule has 6 heteroatoms. The predicted molar refractivity (Wildman–Crippen MR) is 104 cm³/mol. The van der Waals surface area contributed by atoms with Crippen molar-refractivity contribution in [2.75, 3.05) is 5.32 Å². The van der Waals surface area contributed by atoms with Crippen molar-refractivity contribution in [2.45, 2.75) is 53.0 Å². The molecule has 0 saturated carbocycles. The summed E-state index contributed by atoms with van der Waals surface area (Å²) in [7, 11) is 0. The molecule has 2 amide bonds. The Balaban J connectivity index is 1.85. The predicted octanol–water partition coefficient (Wildman–Crippen LogP) is 3.94. The fourth-order valence-electron chi connectivity index (χ4n) is 2.96. The second kappa shape index (κ2) is 7.58. The number of aryl methyl sites for hydroxylation is 1. The van der Waals surface area contributed by atoms with Crippen LogP contribution in [0.1, 0.15) is 60.0 Å². The van der Waals surface area contributed by atoms with Gasteiger partial charge in [0, 0.05) is 29.2 Å². The third kappa shape index (κ3) is 4.12. The molecule has 0 spiro atoms. The van der Waals surface area contributed by atoms with Crippen LogP contribution in [0.5, 0.6) is 0 Å². The van der Waals surface area contributed by atoms with Crippen molar-refractivity contribution in [2.24, 2.45) is 5.41 Å². The molecular formula is C20H25N3O2S. The van der Waals surface area contributed by atoms with Crippen LogP contribution in [0.25, 0.3) is 0 Å². The smallest absolute Gasteiger partial charge is 0.254 e. The molecular weight excluding hydrogens is 346 g/mol. The van der Waals surface area contributed by atoms with Crippen LogP contribution in [-0.2, 0) is 24.2 Å². The van der Waals surface area contributed by atoms with E-state index in [4.69, 9.17) is 0 Å². The number of hydrogen-bond acceptors (Lipinski definition) is 4. The summed E-state index contributed by atoms with van der Waals surface area (Å²) in [5.41, 5.74) is 2.25. The Bertz CT molecular complexity index is 806. The number of carbonyl (C=O) groups is 2. The standard InChI is InChI=1S/C20H25N3O2S/c1-20(2,3)19(25)23-18-16(14-6-4-5-7-15(14)26-18)17(24)22-12-13-8-10-21-11-9-13/h8-11H,4-7,12H2,1-3H3,(H,22,24)(H,23,25). The molecule has 0 radical (unpaired) electrons. The molecule has 1 aliphatic carbocycles. The van der Waals surface area contributed by atoms with Gasteiger partial charge in [0.25, 0.3) is 5.91 Å². The molecule has 138 valence electrons. The van der Waals surface area contributed by atoms with Crippen LogP contribution in [-0.4, -0.2) is 16.8 Å². The molecule has 26 heavy (non-hydrogen) atoms. The van der Waals surface area contributed by atoms with Gasteiger partial charge in [-0.15, -0.1) is 11.3 Å². The molecule has 0 aromatic carbocycles. The number of nitrogens with one attached hydrogen (secondary N) is 2. The highest BCUT2D eigenvalue weighted by atomic mass is 32.1. The zero-order valence-electron chi connectivity index (χ0n) is 15.5. The fraction of sp³-hybridized carbons (Fsp3) is 0.450. The van der Waals surface area contributed by atoms with Gasteiger partial charge in [-0.1, -0.05) is 20.8 Å². The van der Waals surface area contributed by atoms with Gasteiger partial charge in [0.1, 0.15) is 5.00 Å². The maximum atomic E-state index is 12.9. The third-order valence-electron chi connectivity index (χ3n) is 4.51. The van der Waals surface area contributed by atoms with Crippen molar-refractivity contribution in [3.8, 4) is 0 Å². The van der Waals surface area contributed by atoms with E-state index in [0.717, 1.165) is 36.8 Å². The van der Waals surface area contributed by atoms with Crippen molar-refractivity contribution >= 4 is 28.2 Å². The second-order valence-corrected chi connectivity index (χ2v) is 8.76. The Hall–Kier alpha value is -2.21. The molecule has 0 saturated heterocycles. The van der Waals surface area contributed by atoms with E-state index in [1.807, 2.05) is 32.9 Å². The highest BCUT2D eigenvalue weighted by Gasteiger charge is 2.29. The van der Waals surface area contributed by atoms with E-state index in [1.54, 1.807) is 23.7 Å². The average Bonchev–Trinajstić information content (AvgIpc) is 2.97. The lowest BCUT2D eigenvalue weighted by molar-refractivity contribution is -0.123. The normalized spacial score (nSPS) is 13.8. The molecule has 2 aromatic heterocycles. The first-order chi connectivity index (χ1) is 12.4. The molecule has 0 bridgehead atoms. The minimum absolute atomic E-state index is 0.0701. The summed E-state index contributed by atoms with van der Waals surface area (Å²) in [4.78, 5) is 30.6. The molecule has 2 aromatic rings. The van der Waals surface area contributed by atoms with E-state index in [1.165, 1.54) is 4.88 Å². The lowest BCUT2D eigenvalue weighted by atomic mass is 9.94. The Labute approximate surface area is 158 Å². The Morgan fingerprint density at radius 1 is 1.15 bits per heavy atom. The van der Waals surface area contributed by atoms with Gasteiger partial charge in [-0.2, -0.15) is 0 Å². The Morgan fingerprint density at radius 2 is 1.85 bits per heavy atom. The van der Waals surface area contributed by atoms with Crippen molar-refractivity contribution in [1.82, 2.24) is 10.3 Å². The molecule has 0 atom stereocenters. The molecule has 2 N–H and O–H groups in total. The number of rotatable bonds is 4. The van der Waals surface area contributed by atoms with E-state index in [9.17, 15) is 9.59 Å². The summed E-state index contributed by atoms with van der Waals surface area (Å²) in [6.45, 7) is 6.07. The van der Waals surface area contributed by atoms with E-state index < -0.39 is 5.41 Å². The number of anilines is 1. The Kier molecular flexibility index (Phi) is 5.41. The number of nitrogens with zero attached hydrogens (tertiary/aromatic N) is 1. The zero-order valence-corrected chi connectivity index (χ0v) is 16.3. The van der Waals surface area contributed by atoms with Gasteiger partial charge >= 0.3 is 0 Å². The average molecular weight is 372 g/mol. The second-order valence-electron chi connectivity index (χ2n) is 7.66. The summed E-state index contributed by atoms with van der Waals surface area (Å²) in [6, 6.07) is 3.76. The summed E-state index contributed by atoms with van der Waals surface area (Å²) in [5, 5.41) is 6.67. The molecule has 0 unspecified atom stereocenters. The van der Waals surface area contributed by atoms with E-state index in [0.29, 0.717) is 17.1 Å². The fourth-order valence-corrected chi connectivity index (χ4v) is 4.24. The van der Waals surface area contributed by atoms with Gasteiger partial charge < -0.3 is 10.6 Å². The SMILES string of the molecule is CC(C)(C)C(=O)Nc1sc2c(c1C(=O)NCc1ccncc1)CCCC2. The molecule has 2 heterocycles. The monoisotopic (exact) mass is 371 g/mol. The summed E-state index contributed by atoms with van der Waals surface area (Å²) in [5.74, 6) is -0.190. The number of amides is 2. The number of thiophene rings is 1. The highest BCUT2D eigenvalue weighted by Crippen LogP contribution is 2.38. The molecule has 0 aliphatic heterocycles. The first-order valence-corrected chi connectivity index (χ1v) is 9.81. The van der Waals surface area contributed by atoms with Crippen LogP contribution < -0.4 is 10.6 Å². The number of fused-ring (bicyclic) bond motifs is 1. The van der Waals surface area contributed by atoms with Crippen molar-refractivity contribution in [1.29, 1.82) is 0 Å². The molecule has 5 nitrogen and oxygen atoms in total. The minimum atomic E-state index is -0.505. The minimum Gasteiger partial charge on any atom is -0.348 e. The van der Waals surface area contributed by atoms with E-state index >= 15 is 0 Å². The van der Waals surface area contributed by atoms with Crippen molar-refractivity contribution < 1.29 is 9.59 Å². The highest BCUT2D eigenvalue weighted by molar-refractivity contribution is 7.17. The van der Waals surface area contributed by atoms with Crippen LogP contribution in [0, 0.1) is 5.41 Å². The quantitative estimate of drug-likeness (QED) is 0.855. The first kappa shape index (κ1) is 18.6. The number of aromatic nitrogens is 1. The van der Waals surface area contributed by atoms with Crippen LogP contribution in [0.3, 0.4) is 0 Å². The molecule has 1 aliphatic rings.